The standard InChI is InChI=1S/C38H49Cl2N3O9/c1-22-21-42-35(46)27(18-24-15-16-29(49-6)26(39)17-24)43-31(44)14-10-13-28(50-37(48)30(51-36(22)47)19-38(3,4)5)23(2)34(52-32(45)20-41)33(40)25-11-8-7-9-12-25/h7-12,14-17,22-23,27-28,30,33-34H,13,18-21,41H2,1-6H3,(H,42,46)(H,43,44)/b14-10+/t22-,23+,27-,28?,30+,33+,34-/m1/s1. The van der Waals surface area contributed by atoms with Crippen LogP contribution < -0.4 is 21.1 Å². The Balaban J connectivity index is 2.02. The Bertz CT molecular complexity index is 1580. The minimum atomic E-state index is -1.31. The van der Waals surface area contributed by atoms with Crippen molar-refractivity contribution < 1.29 is 42.9 Å². The lowest BCUT2D eigenvalue weighted by atomic mass is 9.88. The molecule has 3 rings (SSSR count). The van der Waals surface area contributed by atoms with Gasteiger partial charge in [0.1, 0.15) is 24.0 Å². The molecule has 14 heteroatoms. The number of nitrogens with one attached hydrogen (secondary N) is 2. The lowest BCUT2D eigenvalue weighted by Gasteiger charge is -2.34. The van der Waals surface area contributed by atoms with E-state index in [0.717, 1.165) is 0 Å². The molecule has 52 heavy (non-hydrogen) atoms. The highest BCUT2D eigenvalue weighted by molar-refractivity contribution is 6.32. The smallest absolute Gasteiger partial charge is 0.347 e. The lowest BCUT2D eigenvalue weighted by molar-refractivity contribution is -0.179. The quantitative estimate of drug-likeness (QED) is 0.173. The van der Waals surface area contributed by atoms with Crippen molar-refractivity contribution in [2.75, 3.05) is 20.2 Å². The molecule has 0 fully saturated rings. The molecule has 12 nitrogen and oxygen atoms in total. The van der Waals surface area contributed by atoms with Crippen LogP contribution in [0.4, 0.5) is 0 Å². The molecule has 1 aliphatic rings. The van der Waals surface area contributed by atoms with Crippen molar-refractivity contribution in [1.29, 1.82) is 0 Å². The fraction of sp³-hybridized carbons (Fsp3) is 0.500. The molecule has 1 heterocycles. The second-order valence-corrected chi connectivity index (χ2v) is 14.9. The van der Waals surface area contributed by atoms with Crippen LogP contribution in [0.5, 0.6) is 5.75 Å². The minimum Gasteiger partial charge on any atom is -0.495 e. The number of hydrogen-bond donors (Lipinski definition) is 3. The molecule has 0 saturated heterocycles. The molecule has 1 unspecified atom stereocenters. The van der Waals surface area contributed by atoms with Gasteiger partial charge in [-0.15, -0.1) is 11.6 Å². The summed E-state index contributed by atoms with van der Waals surface area (Å²) in [5, 5.41) is 4.89. The maximum absolute atomic E-state index is 13.8. The van der Waals surface area contributed by atoms with Crippen LogP contribution in [0.25, 0.3) is 0 Å². The number of cyclic esters (lactones) is 2. The van der Waals surface area contributed by atoms with Crippen molar-refractivity contribution in [3.63, 3.8) is 0 Å². The number of amides is 2. The molecule has 1 aliphatic heterocycles. The van der Waals surface area contributed by atoms with Crippen LogP contribution >= 0.6 is 23.2 Å². The van der Waals surface area contributed by atoms with Crippen LogP contribution in [0.2, 0.25) is 5.02 Å². The van der Waals surface area contributed by atoms with E-state index in [4.69, 9.17) is 47.9 Å². The summed E-state index contributed by atoms with van der Waals surface area (Å²) in [6.07, 6.45) is -0.490. The van der Waals surface area contributed by atoms with Gasteiger partial charge in [-0.25, -0.2) is 4.79 Å². The zero-order chi connectivity index (χ0) is 38.6. The van der Waals surface area contributed by atoms with Gasteiger partial charge in [0.2, 0.25) is 11.8 Å². The molecule has 0 aromatic heterocycles. The maximum Gasteiger partial charge on any atom is 0.347 e. The highest BCUT2D eigenvalue weighted by Gasteiger charge is 2.39. The number of esters is 3. The van der Waals surface area contributed by atoms with Crippen molar-refractivity contribution in [3.05, 3.63) is 76.8 Å². The molecular formula is C38H49Cl2N3O9. The zero-order valence-electron chi connectivity index (χ0n) is 30.4. The number of carbonyl (C=O) groups is 5. The Morgan fingerprint density at radius 1 is 1.06 bits per heavy atom. The molecule has 0 spiro atoms. The molecule has 284 valence electrons. The predicted octanol–water partition coefficient (Wildman–Crippen LogP) is 4.83. The van der Waals surface area contributed by atoms with Crippen molar-refractivity contribution in [2.45, 2.75) is 83.6 Å². The number of carbonyl (C=O) groups excluding carboxylic acids is 5. The fourth-order valence-electron chi connectivity index (χ4n) is 5.52. The summed E-state index contributed by atoms with van der Waals surface area (Å²) in [5.74, 6) is -4.59. The number of halogens is 2. The van der Waals surface area contributed by atoms with E-state index in [-0.39, 0.29) is 25.8 Å². The molecule has 0 saturated carbocycles. The summed E-state index contributed by atoms with van der Waals surface area (Å²) in [4.78, 5) is 66.4. The van der Waals surface area contributed by atoms with Crippen molar-refractivity contribution in [2.24, 2.45) is 23.0 Å². The van der Waals surface area contributed by atoms with Crippen LogP contribution in [-0.4, -0.2) is 74.3 Å². The van der Waals surface area contributed by atoms with E-state index >= 15 is 0 Å². The number of methoxy groups -OCH3 is 1. The summed E-state index contributed by atoms with van der Waals surface area (Å²) in [5.41, 5.74) is 6.42. The van der Waals surface area contributed by atoms with Gasteiger partial charge in [-0.3, -0.25) is 19.2 Å². The van der Waals surface area contributed by atoms with Gasteiger partial charge in [0.25, 0.3) is 0 Å². The van der Waals surface area contributed by atoms with Crippen LogP contribution in [0.1, 0.15) is 64.0 Å². The molecule has 7 atom stereocenters. The first kappa shape index (κ1) is 42.3. The first-order chi connectivity index (χ1) is 24.5. The van der Waals surface area contributed by atoms with Crippen molar-refractivity contribution in [3.8, 4) is 5.75 Å². The average Bonchev–Trinajstić information content (AvgIpc) is 3.10. The Morgan fingerprint density at radius 3 is 2.37 bits per heavy atom. The second-order valence-electron chi connectivity index (χ2n) is 14.0. The molecule has 2 aromatic rings. The molecule has 0 aliphatic carbocycles. The SMILES string of the molecule is COc1ccc(C[C@H]2NC(=O)/C=C/CC([C@H](C)[C@@H](OC(=O)CN)[C@@H](Cl)c3ccccc3)OC(=O)[C@H](CC(C)(C)C)OC(=O)[C@H](C)CNC2=O)cc1Cl. The van der Waals surface area contributed by atoms with Crippen molar-refractivity contribution in [1.82, 2.24) is 10.6 Å². The highest BCUT2D eigenvalue weighted by atomic mass is 35.5. The molecule has 2 aromatic carbocycles. The maximum atomic E-state index is 13.8. The lowest BCUT2D eigenvalue weighted by Crippen LogP contribution is -2.49. The van der Waals surface area contributed by atoms with Gasteiger partial charge in [-0.05, 0) is 34.8 Å². The summed E-state index contributed by atoms with van der Waals surface area (Å²) in [6, 6.07) is 12.9. The summed E-state index contributed by atoms with van der Waals surface area (Å²) in [7, 11) is 1.48. The third-order valence-corrected chi connectivity index (χ3v) is 9.24. The van der Waals surface area contributed by atoms with E-state index in [1.807, 2.05) is 26.8 Å². The van der Waals surface area contributed by atoms with Crippen LogP contribution in [0.3, 0.4) is 0 Å². The van der Waals surface area contributed by atoms with Gasteiger partial charge in [0.05, 0.1) is 30.0 Å². The van der Waals surface area contributed by atoms with Gasteiger partial charge in [-0.1, -0.05) is 88.7 Å². The predicted molar refractivity (Wildman–Crippen MR) is 197 cm³/mol. The van der Waals surface area contributed by atoms with Gasteiger partial charge >= 0.3 is 17.9 Å². The van der Waals surface area contributed by atoms with E-state index in [1.165, 1.54) is 19.3 Å². The zero-order valence-corrected chi connectivity index (χ0v) is 31.9. The third kappa shape index (κ3) is 12.8. The van der Waals surface area contributed by atoms with E-state index in [2.05, 4.69) is 10.6 Å². The van der Waals surface area contributed by atoms with Crippen molar-refractivity contribution >= 4 is 52.9 Å². The molecule has 4 N–H and O–H groups in total. The van der Waals surface area contributed by atoms with E-state index < -0.39 is 83.2 Å². The van der Waals surface area contributed by atoms with Gasteiger partial charge < -0.3 is 35.3 Å². The Morgan fingerprint density at radius 2 is 1.75 bits per heavy atom. The number of ether oxygens (including phenoxy) is 4. The van der Waals surface area contributed by atoms with Gasteiger partial charge in [-0.2, -0.15) is 0 Å². The van der Waals surface area contributed by atoms with Crippen LogP contribution in [-0.2, 0) is 44.6 Å². The second kappa shape index (κ2) is 19.6. The molecule has 0 bridgehead atoms. The molecule has 2 amide bonds. The number of rotatable bonds is 10. The normalized spacial score (nSPS) is 23.2. The van der Waals surface area contributed by atoms with E-state index in [0.29, 0.717) is 21.9 Å². The number of hydrogen-bond acceptors (Lipinski definition) is 10. The highest BCUT2D eigenvalue weighted by Crippen LogP contribution is 2.35. The third-order valence-electron chi connectivity index (χ3n) is 8.44. The van der Waals surface area contributed by atoms with Gasteiger partial charge in [0, 0.05) is 31.7 Å². The summed E-state index contributed by atoms with van der Waals surface area (Å²) in [6.45, 7) is 8.36. The van der Waals surface area contributed by atoms with Crippen LogP contribution in [0, 0.1) is 17.3 Å². The molecule has 0 radical (unpaired) electrons. The Labute approximate surface area is 315 Å². The topological polar surface area (TPSA) is 172 Å². The average molecular weight is 763 g/mol. The first-order valence-corrected chi connectivity index (χ1v) is 17.9. The number of alkyl halides is 1. The fourth-order valence-corrected chi connectivity index (χ4v) is 6.23. The Hall–Kier alpha value is -4.13. The Kier molecular flexibility index (Phi) is 16.0. The monoisotopic (exact) mass is 761 g/mol. The summed E-state index contributed by atoms with van der Waals surface area (Å²) >= 11 is 13.2. The van der Waals surface area contributed by atoms with Crippen LogP contribution in [0.15, 0.2) is 60.7 Å². The molecular weight excluding hydrogens is 713 g/mol. The minimum absolute atomic E-state index is 0.0348. The first-order valence-electron chi connectivity index (χ1n) is 17.1. The van der Waals surface area contributed by atoms with E-state index in [9.17, 15) is 24.0 Å². The largest absolute Gasteiger partial charge is 0.495 e. The number of benzene rings is 2. The van der Waals surface area contributed by atoms with Gasteiger partial charge in [0.15, 0.2) is 6.10 Å². The number of nitrogens with two attached hydrogens (primary N) is 1. The summed E-state index contributed by atoms with van der Waals surface area (Å²) < 4.78 is 22.7. The van der Waals surface area contributed by atoms with E-state index in [1.54, 1.807) is 56.3 Å².